The van der Waals surface area contributed by atoms with Gasteiger partial charge in [0.2, 0.25) is 0 Å². The first-order valence-electron chi connectivity index (χ1n) is 7.39. The summed E-state index contributed by atoms with van der Waals surface area (Å²) in [7, 11) is -1.60. The molecule has 0 amide bonds. The van der Waals surface area contributed by atoms with E-state index in [-0.39, 0.29) is 5.97 Å². The van der Waals surface area contributed by atoms with E-state index in [1.807, 2.05) is 30.3 Å². The molecule has 113 valence electrons. The average Bonchev–Trinajstić information content (AvgIpc) is 2.53. The van der Waals surface area contributed by atoms with E-state index in [1.54, 1.807) is 6.92 Å². The maximum Gasteiger partial charge on any atom is 0.356 e. The van der Waals surface area contributed by atoms with Crippen LogP contribution in [0.3, 0.4) is 0 Å². The molecule has 2 aromatic rings. The average molecular weight is 309 g/mol. The Hall–Kier alpha value is -2.13. The molecule has 22 heavy (non-hydrogen) atoms. The molecule has 0 saturated heterocycles. The van der Waals surface area contributed by atoms with Crippen LogP contribution in [0.25, 0.3) is 0 Å². The second-order valence-corrected chi connectivity index (χ2v) is 7.66. The van der Waals surface area contributed by atoms with Gasteiger partial charge in [-0.05, 0) is 28.8 Å². The van der Waals surface area contributed by atoms with Gasteiger partial charge < -0.3 is 4.43 Å². The van der Waals surface area contributed by atoms with Crippen molar-refractivity contribution in [1.29, 1.82) is 0 Å². The summed E-state index contributed by atoms with van der Waals surface area (Å²) in [6, 6.07) is 18.3. The predicted molar refractivity (Wildman–Crippen MR) is 92.9 cm³/mol. The minimum atomic E-state index is -1.60. The quantitative estimate of drug-likeness (QED) is 0.627. The van der Waals surface area contributed by atoms with Gasteiger partial charge >= 0.3 is 15.0 Å². The maximum atomic E-state index is 12.0. The lowest BCUT2D eigenvalue weighted by Gasteiger charge is -2.17. The van der Waals surface area contributed by atoms with Gasteiger partial charge in [0, 0.05) is 5.57 Å². The standard InChI is InChI=1S/C19H21O2Si/c1-14(2)16-10-12-18(13-11-16)22(21-19(20)15(3)4)17-8-6-5-7-9-17/h5-14H,3H2,1-2,4H3. The van der Waals surface area contributed by atoms with Gasteiger partial charge in [-0.2, -0.15) is 0 Å². The summed E-state index contributed by atoms with van der Waals surface area (Å²) in [6.45, 7) is 9.68. The monoisotopic (exact) mass is 309 g/mol. The fourth-order valence-corrected chi connectivity index (χ4v) is 3.97. The molecule has 0 fully saturated rings. The number of carbonyl (C=O) groups excluding carboxylic acids is 1. The van der Waals surface area contributed by atoms with Crippen LogP contribution in [0.2, 0.25) is 0 Å². The molecule has 2 aromatic carbocycles. The van der Waals surface area contributed by atoms with Crippen molar-refractivity contribution in [1.82, 2.24) is 0 Å². The minimum absolute atomic E-state index is 0.328. The Bertz CT molecular complexity index is 645. The smallest absolute Gasteiger partial charge is 0.356 e. The Morgan fingerprint density at radius 3 is 2.05 bits per heavy atom. The molecule has 0 spiro atoms. The molecular formula is C19H21O2Si. The Labute approximate surface area is 134 Å². The van der Waals surface area contributed by atoms with Crippen molar-refractivity contribution in [2.45, 2.75) is 26.7 Å². The summed E-state index contributed by atoms with van der Waals surface area (Å²) < 4.78 is 5.75. The van der Waals surface area contributed by atoms with Crippen molar-refractivity contribution in [3.63, 3.8) is 0 Å². The van der Waals surface area contributed by atoms with Crippen molar-refractivity contribution in [3.8, 4) is 0 Å². The minimum Gasteiger partial charge on any atom is -0.505 e. The molecule has 0 N–H and O–H groups in total. The van der Waals surface area contributed by atoms with Crippen LogP contribution in [-0.2, 0) is 9.22 Å². The van der Waals surface area contributed by atoms with E-state index in [9.17, 15) is 4.79 Å². The lowest BCUT2D eigenvalue weighted by atomic mass is 10.0. The van der Waals surface area contributed by atoms with Crippen LogP contribution in [0, 0.1) is 0 Å². The van der Waals surface area contributed by atoms with E-state index in [2.05, 4.69) is 44.7 Å². The lowest BCUT2D eigenvalue weighted by molar-refractivity contribution is -0.130. The Kier molecular flexibility index (Phi) is 5.34. The van der Waals surface area contributed by atoms with Crippen molar-refractivity contribution >= 4 is 25.4 Å². The van der Waals surface area contributed by atoms with Gasteiger partial charge in [0.25, 0.3) is 0 Å². The van der Waals surface area contributed by atoms with Crippen LogP contribution >= 0.6 is 0 Å². The molecule has 0 saturated carbocycles. The first-order valence-corrected chi connectivity index (χ1v) is 8.80. The van der Waals surface area contributed by atoms with Crippen LogP contribution in [0.4, 0.5) is 0 Å². The molecule has 3 heteroatoms. The number of benzene rings is 2. The van der Waals surface area contributed by atoms with E-state index in [4.69, 9.17) is 4.43 Å². The summed E-state index contributed by atoms with van der Waals surface area (Å²) in [6.07, 6.45) is 0. The zero-order valence-electron chi connectivity index (χ0n) is 13.3. The molecule has 0 heterocycles. The van der Waals surface area contributed by atoms with E-state index < -0.39 is 9.04 Å². The molecular weight excluding hydrogens is 288 g/mol. The number of carbonyl (C=O) groups is 1. The SMILES string of the molecule is C=C(C)C(=O)O[Si](c1ccccc1)c1ccc(C(C)C)cc1. The molecule has 0 unspecified atom stereocenters. The first kappa shape index (κ1) is 16.2. The third kappa shape index (κ3) is 3.95. The van der Waals surface area contributed by atoms with Gasteiger partial charge in [-0.15, -0.1) is 0 Å². The van der Waals surface area contributed by atoms with E-state index in [0.29, 0.717) is 11.5 Å². The van der Waals surface area contributed by atoms with Crippen molar-refractivity contribution in [3.05, 3.63) is 72.3 Å². The van der Waals surface area contributed by atoms with Crippen LogP contribution in [0.5, 0.6) is 0 Å². The predicted octanol–water partition coefficient (Wildman–Crippen LogP) is 3.04. The van der Waals surface area contributed by atoms with Gasteiger partial charge in [0.1, 0.15) is 0 Å². The molecule has 0 bridgehead atoms. The van der Waals surface area contributed by atoms with E-state index in [0.717, 1.165) is 10.4 Å². The van der Waals surface area contributed by atoms with Crippen molar-refractivity contribution in [2.75, 3.05) is 0 Å². The van der Waals surface area contributed by atoms with Gasteiger partial charge in [0.15, 0.2) is 0 Å². The Morgan fingerprint density at radius 2 is 1.55 bits per heavy atom. The van der Waals surface area contributed by atoms with Crippen LogP contribution < -0.4 is 10.4 Å². The fourth-order valence-electron chi connectivity index (χ4n) is 2.07. The lowest BCUT2D eigenvalue weighted by Crippen LogP contribution is -2.46. The maximum absolute atomic E-state index is 12.0. The highest BCUT2D eigenvalue weighted by atomic mass is 28.3. The highest BCUT2D eigenvalue weighted by Crippen LogP contribution is 2.12. The third-order valence-corrected chi connectivity index (χ3v) is 5.52. The summed E-state index contributed by atoms with van der Waals surface area (Å²) in [5.41, 5.74) is 1.71. The number of rotatable bonds is 5. The van der Waals surface area contributed by atoms with E-state index in [1.165, 1.54) is 5.56 Å². The zero-order chi connectivity index (χ0) is 16.1. The zero-order valence-corrected chi connectivity index (χ0v) is 14.3. The summed E-state index contributed by atoms with van der Waals surface area (Å²) in [4.78, 5) is 12.0. The summed E-state index contributed by atoms with van der Waals surface area (Å²) >= 11 is 0. The third-order valence-electron chi connectivity index (χ3n) is 3.42. The number of hydrogen-bond acceptors (Lipinski definition) is 2. The highest BCUT2D eigenvalue weighted by molar-refractivity contribution is 6.81. The fraction of sp³-hybridized carbons (Fsp3) is 0.211. The van der Waals surface area contributed by atoms with Gasteiger partial charge in [-0.25, -0.2) is 4.79 Å². The molecule has 2 nitrogen and oxygen atoms in total. The summed E-state index contributed by atoms with van der Waals surface area (Å²) in [5, 5.41) is 2.12. The first-order chi connectivity index (χ1) is 10.5. The molecule has 0 aliphatic heterocycles. The molecule has 0 aliphatic carbocycles. The van der Waals surface area contributed by atoms with Gasteiger partial charge in [0.05, 0.1) is 0 Å². The molecule has 0 aromatic heterocycles. The van der Waals surface area contributed by atoms with Crippen molar-refractivity contribution < 1.29 is 9.22 Å². The Balaban J connectivity index is 2.35. The molecule has 2 rings (SSSR count). The largest absolute Gasteiger partial charge is 0.505 e. The van der Waals surface area contributed by atoms with Crippen molar-refractivity contribution in [2.24, 2.45) is 0 Å². The van der Waals surface area contributed by atoms with Gasteiger partial charge in [-0.1, -0.05) is 75.0 Å². The molecule has 1 radical (unpaired) electrons. The highest BCUT2D eigenvalue weighted by Gasteiger charge is 2.24. The van der Waals surface area contributed by atoms with Crippen LogP contribution in [0.1, 0.15) is 32.3 Å². The van der Waals surface area contributed by atoms with Gasteiger partial charge in [-0.3, -0.25) is 0 Å². The summed E-state index contributed by atoms with van der Waals surface area (Å²) in [5.74, 6) is 0.157. The second-order valence-electron chi connectivity index (χ2n) is 5.64. The van der Waals surface area contributed by atoms with Crippen LogP contribution in [0.15, 0.2) is 66.7 Å². The second kappa shape index (κ2) is 7.23. The van der Waals surface area contributed by atoms with E-state index >= 15 is 0 Å². The normalized spacial score (nSPS) is 10.8. The molecule has 0 aliphatic rings. The topological polar surface area (TPSA) is 26.3 Å². The molecule has 0 atom stereocenters. The number of hydrogen-bond donors (Lipinski definition) is 0. The Morgan fingerprint density at radius 1 is 1.00 bits per heavy atom. The van der Waals surface area contributed by atoms with Crippen LogP contribution in [-0.4, -0.2) is 15.0 Å².